The molecule has 1 rings (SSSR count). The molecule has 1 aromatic heterocycles. The van der Waals surface area contributed by atoms with Crippen molar-refractivity contribution in [1.29, 1.82) is 0 Å². The molecule has 0 saturated carbocycles. The molecule has 0 aliphatic heterocycles. The number of alkyl halides is 2. The van der Waals surface area contributed by atoms with Crippen molar-refractivity contribution >= 4 is 11.6 Å². The lowest BCUT2D eigenvalue weighted by atomic mass is 10.2. The third-order valence-corrected chi connectivity index (χ3v) is 2.06. The van der Waals surface area contributed by atoms with Crippen molar-refractivity contribution in [2.24, 2.45) is 0 Å². The van der Waals surface area contributed by atoms with Crippen molar-refractivity contribution < 1.29 is 18.6 Å². The number of halogens is 3. The molecule has 0 aliphatic rings. The van der Waals surface area contributed by atoms with Crippen LogP contribution in [0.1, 0.15) is 17.7 Å². The lowest BCUT2D eigenvalue weighted by molar-refractivity contribution is 0.144. The summed E-state index contributed by atoms with van der Waals surface area (Å²) in [5.74, 6) is 0.00810. The predicted molar refractivity (Wildman–Crippen MR) is 46.7 cm³/mol. The molecule has 0 aliphatic carbocycles. The molecule has 0 saturated heterocycles. The summed E-state index contributed by atoms with van der Waals surface area (Å²) in [6.07, 6.45) is -2.79. The average Bonchev–Trinajstić information content (AvgIpc) is 2.17. The molecule has 1 aromatic rings. The highest BCUT2D eigenvalue weighted by Gasteiger charge is 2.18. The molecule has 0 fully saturated rings. The number of pyridine rings is 1. The van der Waals surface area contributed by atoms with E-state index in [1.165, 1.54) is 13.2 Å². The number of hydrogen-bond acceptors (Lipinski definition) is 3. The molecule has 0 atom stereocenters. The summed E-state index contributed by atoms with van der Waals surface area (Å²) in [6, 6.07) is 1.31. The Hall–Kier alpha value is -0.940. The van der Waals surface area contributed by atoms with Gasteiger partial charge in [-0.15, -0.1) is 0 Å². The van der Waals surface area contributed by atoms with Crippen LogP contribution >= 0.6 is 11.6 Å². The van der Waals surface area contributed by atoms with E-state index in [0.717, 1.165) is 0 Å². The van der Waals surface area contributed by atoms with Crippen LogP contribution in [-0.4, -0.2) is 17.2 Å². The summed E-state index contributed by atoms with van der Waals surface area (Å²) in [7, 11) is 1.30. The smallest absolute Gasteiger partial charge is 0.281 e. The van der Waals surface area contributed by atoms with Crippen molar-refractivity contribution in [2.75, 3.05) is 7.11 Å². The molecule has 0 radical (unpaired) electrons. The number of aromatic nitrogens is 1. The normalized spacial score (nSPS) is 10.7. The van der Waals surface area contributed by atoms with E-state index in [1.807, 2.05) is 0 Å². The van der Waals surface area contributed by atoms with Gasteiger partial charge in [-0.2, -0.15) is 0 Å². The van der Waals surface area contributed by atoms with Gasteiger partial charge >= 0.3 is 0 Å². The van der Waals surface area contributed by atoms with E-state index in [4.69, 9.17) is 16.7 Å². The third-order valence-electron chi connectivity index (χ3n) is 1.62. The fourth-order valence-electron chi connectivity index (χ4n) is 0.941. The standard InChI is InChI=1S/C8H8ClF2NO2/c1-14-5-2-4(3-13)6(9)7(12-5)8(10)11/h2,8,13H,3H2,1H3. The topological polar surface area (TPSA) is 42.4 Å². The van der Waals surface area contributed by atoms with E-state index in [1.54, 1.807) is 0 Å². The first-order chi connectivity index (χ1) is 6.60. The highest BCUT2D eigenvalue weighted by Crippen LogP contribution is 2.30. The van der Waals surface area contributed by atoms with Gasteiger partial charge in [-0.1, -0.05) is 11.6 Å². The van der Waals surface area contributed by atoms with Crippen molar-refractivity contribution in [3.8, 4) is 5.88 Å². The molecular weight excluding hydrogens is 216 g/mol. The third kappa shape index (κ3) is 2.10. The molecule has 0 aromatic carbocycles. The summed E-state index contributed by atoms with van der Waals surface area (Å²) < 4.78 is 29.4. The zero-order valence-corrected chi connectivity index (χ0v) is 8.05. The first-order valence-electron chi connectivity index (χ1n) is 3.72. The van der Waals surface area contributed by atoms with Crippen LogP contribution in [0.3, 0.4) is 0 Å². The van der Waals surface area contributed by atoms with Crippen molar-refractivity contribution in [1.82, 2.24) is 4.98 Å². The maximum Gasteiger partial charge on any atom is 0.281 e. The van der Waals surface area contributed by atoms with E-state index in [9.17, 15) is 8.78 Å². The molecule has 0 unspecified atom stereocenters. The predicted octanol–water partition coefficient (Wildman–Crippen LogP) is 2.17. The van der Waals surface area contributed by atoms with E-state index in [0.29, 0.717) is 0 Å². The van der Waals surface area contributed by atoms with Crippen LogP contribution in [0.25, 0.3) is 0 Å². The van der Waals surface area contributed by atoms with Crippen molar-refractivity contribution in [3.05, 3.63) is 22.3 Å². The van der Waals surface area contributed by atoms with Gasteiger partial charge < -0.3 is 9.84 Å². The number of aliphatic hydroxyl groups excluding tert-OH is 1. The van der Waals surface area contributed by atoms with Crippen LogP contribution in [0.2, 0.25) is 5.02 Å². The molecule has 0 amide bonds. The Balaban J connectivity index is 3.27. The number of methoxy groups -OCH3 is 1. The summed E-state index contributed by atoms with van der Waals surface area (Å²) in [6.45, 7) is -0.433. The molecule has 3 nitrogen and oxygen atoms in total. The van der Waals surface area contributed by atoms with Crippen LogP contribution in [0.5, 0.6) is 5.88 Å². The van der Waals surface area contributed by atoms with Crippen molar-refractivity contribution in [3.63, 3.8) is 0 Å². The molecule has 0 spiro atoms. The Morgan fingerprint density at radius 2 is 2.29 bits per heavy atom. The van der Waals surface area contributed by atoms with E-state index in [2.05, 4.69) is 9.72 Å². The van der Waals surface area contributed by atoms with Gasteiger partial charge in [-0.3, -0.25) is 0 Å². The SMILES string of the molecule is COc1cc(CO)c(Cl)c(C(F)F)n1. The molecule has 1 heterocycles. The van der Waals surface area contributed by atoms with Crippen molar-refractivity contribution in [2.45, 2.75) is 13.0 Å². The number of rotatable bonds is 3. The van der Waals surface area contributed by atoms with Gasteiger partial charge in [-0.25, -0.2) is 13.8 Å². The van der Waals surface area contributed by atoms with Gasteiger partial charge in [0.15, 0.2) is 0 Å². The summed E-state index contributed by atoms with van der Waals surface area (Å²) in [5, 5.41) is 8.61. The second-order valence-electron chi connectivity index (χ2n) is 2.48. The fraction of sp³-hybridized carbons (Fsp3) is 0.375. The van der Waals surface area contributed by atoms with Crippen LogP contribution in [0.15, 0.2) is 6.07 Å². The highest BCUT2D eigenvalue weighted by atomic mass is 35.5. The Morgan fingerprint density at radius 3 is 2.71 bits per heavy atom. The number of aliphatic hydroxyl groups is 1. The summed E-state index contributed by atoms with van der Waals surface area (Å²) in [5.41, 5.74) is -0.399. The van der Waals surface area contributed by atoms with E-state index in [-0.39, 0.29) is 16.5 Å². The Bertz CT molecular complexity index is 333. The quantitative estimate of drug-likeness (QED) is 0.854. The van der Waals surface area contributed by atoms with Gasteiger partial charge in [0.25, 0.3) is 6.43 Å². The number of nitrogens with zero attached hydrogens (tertiary/aromatic N) is 1. The minimum absolute atomic E-state index is 0.00810. The van der Waals surface area contributed by atoms with Crippen LogP contribution in [0, 0.1) is 0 Å². The molecule has 6 heteroatoms. The molecule has 0 bridgehead atoms. The first-order valence-corrected chi connectivity index (χ1v) is 4.10. The monoisotopic (exact) mass is 223 g/mol. The van der Waals surface area contributed by atoms with Gasteiger partial charge in [0.1, 0.15) is 5.69 Å². The van der Waals surface area contributed by atoms with Gasteiger partial charge in [-0.05, 0) is 0 Å². The highest BCUT2D eigenvalue weighted by molar-refractivity contribution is 6.32. The molecular formula is C8H8ClF2NO2. The van der Waals surface area contributed by atoms with E-state index >= 15 is 0 Å². The fourth-order valence-corrected chi connectivity index (χ4v) is 1.18. The van der Waals surface area contributed by atoms with Gasteiger partial charge in [0.2, 0.25) is 5.88 Å². The molecule has 78 valence electrons. The van der Waals surface area contributed by atoms with Gasteiger partial charge in [0.05, 0.1) is 18.7 Å². The largest absolute Gasteiger partial charge is 0.481 e. The van der Waals surface area contributed by atoms with Gasteiger partial charge in [0, 0.05) is 11.6 Å². The van der Waals surface area contributed by atoms with Crippen LogP contribution in [-0.2, 0) is 6.61 Å². The number of hydrogen-bond donors (Lipinski definition) is 1. The average molecular weight is 224 g/mol. The zero-order chi connectivity index (χ0) is 10.7. The summed E-state index contributed by atoms with van der Waals surface area (Å²) in [4.78, 5) is 3.48. The summed E-state index contributed by atoms with van der Waals surface area (Å²) >= 11 is 5.57. The second kappa shape index (κ2) is 4.52. The Labute approximate surface area is 84.3 Å². The lowest BCUT2D eigenvalue weighted by Crippen LogP contribution is -1.99. The van der Waals surface area contributed by atoms with E-state index < -0.39 is 18.7 Å². The minimum atomic E-state index is -2.79. The molecule has 14 heavy (non-hydrogen) atoms. The number of ether oxygens (including phenoxy) is 1. The van der Waals surface area contributed by atoms with Crippen LogP contribution in [0.4, 0.5) is 8.78 Å². The zero-order valence-electron chi connectivity index (χ0n) is 7.30. The van der Waals surface area contributed by atoms with Crippen LogP contribution < -0.4 is 4.74 Å². The maximum atomic E-state index is 12.4. The Kier molecular flexibility index (Phi) is 3.60. The first kappa shape index (κ1) is 11.1. The lowest BCUT2D eigenvalue weighted by Gasteiger charge is -2.08. The minimum Gasteiger partial charge on any atom is -0.481 e. The second-order valence-corrected chi connectivity index (χ2v) is 2.86. The maximum absolute atomic E-state index is 12.4. The Morgan fingerprint density at radius 1 is 1.64 bits per heavy atom. The molecule has 1 N–H and O–H groups in total.